The second kappa shape index (κ2) is 6.72. The SMILES string of the molecule is CC(C)(C)n1ncc(OC(=O)NC2[C@@H]3CC4C[C@H]2CC(O)(C4)C3)c1-n1cc(Cl)cn1. The van der Waals surface area contributed by atoms with Crippen molar-refractivity contribution in [2.24, 2.45) is 17.8 Å². The number of nitrogens with zero attached hydrogens (tertiary/aromatic N) is 4. The van der Waals surface area contributed by atoms with E-state index in [1.165, 1.54) is 12.4 Å². The van der Waals surface area contributed by atoms with Crippen LogP contribution in [0.3, 0.4) is 0 Å². The minimum atomic E-state index is -0.529. The first-order valence-corrected chi connectivity index (χ1v) is 11.0. The minimum Gasteiger partial charge on any atom is -0.405 e. The van der Waals surface area contributed by atoms with Gasteiger partial charge in [-0.2, -0.15) is 10.2 Å². The molecule has 5 atom stereocenters. The first-order chi connectivity index (χ1) is 14.1. The molecule has 0 aromatic carbocycles. The second-order valence-electron chi connectivity index (χ2n) is 10.3. The highest BCUT2D eigenvalue weighted by atomic mass is 35.5. The summed E-state index contributed by atoms with van der Waals surface area (Å²) in [6.45, 7) is 6.03. The third-order valence-electron chi connectivity index (χ3n) is 6.84. The molecule has 4 aliphatic carbocycles. The molecule has 4 saturated carbocycles. The Morgan fingerprint density at radius 2 is 1.93 bits per heavy atom. The van der Waals surface area contributed by atoms with E-state index in [1.807, 2.05) is 20.8 Å². The molecule has 2 heterocycles. The zero-order chi connectivity index (χ0) is 21.3. The van der Waals surface area contributed by atoms with Gasteiger partial charge in [-0.1, -0.05) is 11.6 Å². The lowest BCUT2D eigenvalue weighted by atomic mass is 9.52. The van der Waals surface area contributed by atoms with E-state index in [0.29, 0.717) is 34.3 Å². The Labute approximate surface area is 180 Å². The lowest BCUT2D eigenvalue weighted by Gasteiger charge is -2.57. The maximum Gasteiger partial charge on any atom is 0.413 e. The van der Waals surface area contributed by atoms with Gasteiger partial charge in [0.2, 0.25) is 0 Å². The van der Waals surface area contributed by atoms with Crippen LogP contribution >= 0.6 is 11.6 Å². The Bertz CT molecular complexity index is 962. The van der Waals surface area contributed by atoms with Crippen LogP contribution in [-0.4, -0.2) is 42.4 Å². The van der Waals surface area contributed by atoms with Crippen LogP contribution in [0.2, 0.25) is 5.02 Å². The van der Waals surface area contributed by atoms with E-state index >= 15 is 0 Å². The number of amides is 1. The van der Waals surface area contributed by atoms with Gasteiger partial charge < -0.3 is 15.2 Å². The molecule has 2 aromatic heterocycles. The number of carbonyl (C=O) groups is 1. The summed E-state index contributed by atoms with van der Waals surface area (Å²) < 4.78 is 9.05. The van der Waals surface area contributed by atoms with Crippen LogP contribution in [0, 0.1) is 17.8 Å². The number of carbonyl (C=O) groups excluding carboxylic acids is 1. The fraction of sp³-hybridized carbons (Fsp3) is 0.667. The molecule has 6 rings (SSSR count). The topological polar surface area (TPSA) is 94.2 Å². The molecule has 4 aliphatic rings. The van der Waals surface area contributed by atoms with Gasteiger partial charge in [0.15, 0.2) is 11.6 Å². The maximum absolute atomic E-state index is 12.8. The van der Waals surface area contributed by atoms with Crippen molar-refractivity contribution in [1.82, 2.24) is 24.9 Å². The Kier molecular flexibility index (Phi) is 4.45. The first kappa shape index (κ1) is 19.9. The van der Waals surface area contributed by atoms with Crippen LogP contribution in [0.25, 0.3) is 5.82 Å². The molecule has 0 saturated heterocycles. The normalized spacial score (nSPS) is 32.4. The summed E-state index contributed by atoms with van der Waals surface area (Å²) in [7, 11) is 0. The van der Waals surface area contributed by atoms with Gasteiger partial charge in [0.25, 0.3) is 0 Å². The maximum atomic E-state index is 12.8. The van der Waals surface area contributed by atoms with Crippen LogP contribution in [0.1, 0.15) is 52.9 Å². The highest BCUT2D eigenvalue weighted by Gasteiger charge is 2.55. The zero-order valence-electron chi connectivity index (χ0n) is 17.5. The van der Waals surface area contributed by atoms with E-state index in [4.69, 9.17) is 16.3 Å². The molecule has 0 aliphatic heterocycles. The monoisotopic (exact) mass is 433 g/mol. The van der Waals surface area contributed by atoms with Gasteiger partial charge in [-0.3, -0.25) is 0 Å². The standard InChI is InChI=1S/C21H28ClN5O3/c1-20(2,3)27-18(26-11-15(22)9-23-26)16(10-24-27)30-19(28)25-17-13-4-12-5-14(17)8-21(29,6-12)7-13/h9-14,17,29H,4-8H2,1-3H3,(H,25,28)/t12?,13-,14+,17?,21?. The van der Waals surface area contributed by atoms with Gasteiger partial charge in [-0.25, -0.2) is 14.2 Å². The number of aromatic nitrogens is 4. The number of ether oxygens (including phenoxy) is 1. The molecule has 0 spiro atoms. The quantitative estimate of drug-likeness (QED) is 0.772. The molecule has 4 bridgehead atoms. The number of hydrogen-bond donors (Lipinski definition) is 2. The van der Waals surface area contributed by atoms with Gasteiger partial charge in [0.05, 0.1) is 34.8 Å². The van der Waals surface area contributed by atoms with Crippen molar-refractivity contribution in [3.63, 3.8) is 0 Å². The van der Waals surface area contributed by atoms with Crippen LogP contribution in [0.4, 0.5) is 4.79 Å². The molecule has 30 heavy (non-hydrogen) atoms. The van der Waals surface area contributed by atoms with Gasteiger partial charge in [0.1, 0.15) is 0 Å². The average Bonchev–Trinajstić information content (AvgIpc) is 3.22. The van der Waals surface area contributed by atoms with Gasteiger partial charge in [-0.15, -0.1) is 0 Å². The van der Waals surface area contributed by atoms with E-state index in [2.05, 4.69) is 15.5 Å². The van der Waals surface area contributed by atoms with E-state index in [1.54, 1.807) is 15.6 Å². The largest absolute Gasteiger partial charge is 0.413 e. The highest BCUT2D eigenvalue weighted by Crippen LogP contribution is 2.55. The minimum absolute atomic E-state index is 0.0505. The van der Waals surface area contributed by atoms with E-state index < -0.39 is 11.7 Å². The number of aliphatic hydroxyl groups is 1. The van der Waals surface area contributed by atoms with Gasteiger partial charge >= 0.3 is 6.09 Å². The Balaban J connectivity index is 1.36. The number of nitrogens with one attached hydrogen (secondary N) is 1. The van der Waals surface area contributed by atoms with E-state index in [-0.39, 0.29) is 11.6 Å². The fourth-order valence-electron chi connectivity index (χ4n) is 6.00. The van der Waals surface area contributed by atoms with E-state index in [9.17, 15) is 9.90 Å². The molecule has 9 heteroatoms. The van der Waals surface area contributed by atoms with Crippen molar-refractivity contribution in [1.29, 1.82) is 0 Å². The molecule has 3 unspecified atom stereocenters. The van der Waals surface area contributed by atoms with Crippen LogP contribution < -0.4 is 10.1 Å². The third kappa shape index (κ3) is 3.39. The molecule has 2 aromatic rings. The van der Waals surface area contributed by atoms with Crippen LogP contribution in [0.5, 0.6) is 5.75 Å². The predicted molar refractivity (Wildman–Crippen MR) is 111 cm³/mol. The molecular formula is C21H28ClN5O3. The smallest absolute Gasteiger partial charge is 0.405 e. The van der Waals surface area contributed by atoms with Crippen molar-refractivity contribution >= 4 is 17.7 Å². The van der Waals surface area contributed by atoms with Crippen molar-refractivity contribution < 1.29 is 14.6 Å². The number of rotatable bonds is 3. The lowest BCUT2D eigenvalue weighted by molar-refractivity contribution is -0.137. The average molecular weight is 434 g/mol. The summed E-state index contributed by atoms with van der Waals surface area (Å²) >= 11 is 6.06. The third-order valence-corrected chi connectivity index (χ3v) is 7.04. The lowest BCUT2D eigenvalue weighted by Crippen LogP contribution is -2.61. The molecular weight excluding hydrogens is 406 g/mol. The second-order valence-corrected chi connectivity index (χ2v) is 10.7. The molecule has 0 radical (unpaired) electrons. The molecule has 4 fully saturated rings. The number of hydrogen-bond acceptors (Lipinski definition) is 5. The molecule has 8 nitrogen and oxygen atoms in total. The van der Waals surface area contributed by atoms with Crippen molar-refractivity contribution in [3.05, 3.63) is 23.6 Å². The first-order valence-electron chi connectivity index (χ1n) is 10.6. The van der Waals surface area contributed by atoms with Crippen molar-refractivity contribution in [2.45, 2.75) is 70.1 Å². The zero-order valence-corrected chi connectivity index (χ0v) is 18.3. The Morgan fingerprint density at radius 1 is 1.23 bits per heavy atom. The summed E-state index contributed by atoms with van der Waals surface area (Å²) in [6, 6.07) is 0.0505. The predicted octanol–water partition coefficient (Wildman–Crippen LogP) is 3.51. The summed E-state index contributed by atoms with van der Waals surface area (Å²) in [4.78, 5) is 12.8. The van der Waals surface area contributed by atoms with Crippen molar-refractivity contribution in [2.75, 3.05) is 0 Å². The van der Waals surface area contributed by atoms with Crippen LogP contribution in [0.15, 0.2) is 18.6 Å². The van der Waals surface area contributed by atoms with Gasteiger partial charge in [0, 0.05) is 6.04 Å². The fourth-order valence-corrected chi connectivity index (χ4v) is 6.14. The molecule has 1 amide bonds. The summed E-state index contributed by atoms with van der Waals surface area (Å²) in [5, 5.41) is 23.0. The summed E-state index contributed by atoms with van der Waals surface area (Å²) in [5.41, 5.74) is -0.873. The van der Waals surface area contributed by atoms with Crippen LogP contribution in [-0.2, 0) is 5.54 Å². The van der Waals surface area contributed by atoms with Gasteiger partial charge in [-0.05, 0) is 70.6 Å². The Hall–Kier alpha value is -2.06. The summed E-state index contributed by atoms with van der Waals surface area (Å²) in [6.07, 6.45) is 8.83. The van der Waals surface area contributed by atoms with E-state index in [0.717, 1.165) is 32.1 Å². The molecule has 162 valence electrons. The summed E-state index contributed by atoms with van der Waals surface area (Å²) in [5.74, 6) is 2.09. The number of halogens is 1. The molecule has 2 N–H and O–H groups in total. The van der Waals surface area contributed by atoms with Crippen molar-refractivity contribution in [3.8, 4) is 11.6 Å². The Morgan fingerprint density at radius 3 is 2.50 bits per heavy atom. The highest BCUT2D eigenvalue weighted by molar-refractivity contribution is 6.30.